The smallest absolute Gasteiger partial charge is 0.164 e. The van der Waals surface area contributed by atoms with Crippen molar-refractivity contribution < 1.29 is 9.15 Å². The molecule has 2 aliphatic rings. The molecule has 3 heterocycles. The van der Waals surface area contributed by atoms with Crippen molar-refractivity contribution in [2.24, 2.45) is 0 Å². The third-order valence-electron chi connectivity index (χ3n) is 10.7. The Hall–Kier alpha value is -7.11. The number of aromatic nitrogens is 3. The van der Waals surface area contributed by atoms with Gasteiger partial charge in [-0.1, -0.05) is 140 Å². The second-order valence-electron chi connectivity index (χ2n) is 13.9. The Morgan fingerprint density at radius 2 is 1.09 bits per heavy atom. The Morgan fingerprint density at radius 1 is 0.444 bits per heavy atom. The van der Waals surface area contributed by atoms with Crippen LogP contribution in [0.2, 0.25) is 0 Å². The van der Waals surface area contributed by atoms with Gasteiger partial charge in [-0.05, 0) is 69.4 Å². The van der Waals surface area contributed by atoms with Crippen LogP contribution < -0.4 is 4.74 Å². The summed E-state index contributed by atoms with van der Waals surface area (Å²) in [4.78, 5) is 15.4. The maximum atomic E-state index is 6.68. The highest BCUT2D eigenvalue weighted by Gasteiger charge is 2.39. The first-order valence-corrected chi connectivity index (χ1v) is 18.2. The third-order valence-corrected chi connectivity index (χ3v) is 10.7. The first kappa shape index (κ1) is 30.5. The summed E-state index contributed by atoms with van der Waals surface area (Å²) >= 11 is 0. The van der Waals surface area contributed by atoms with Crippen molar-refractivity contribution in [3.8, 4) is 50.8 Å². The molecule has 0 bridgehead atoms. The fourth-order valence-electron chi connectivity index (χ4n) is 7.99. The summed E-state index contributed by atoms with van der Waals surface area (Å²) in [6.45, 7) is 0. The van der Waals surface area contributed by atoms with Gasteiger partial charge < -0.3 is 9.15 Å². The fourth-order valence-corrected chi connectivity index (χ4v) is 7.99. The van der Waals surface area contributed by atoms with Gasteiger partial charge in [0.2, 0.25) is 0 Å². The highest BCUT2D eigenvalue weighted by molar-refractivity contribution is 6.06. The number of allylic oxidation sites excluding steroid dienone is 2. The van der Waals surface area contributed by atoms with Crippen molar-refractivity contribution in [2.45, 2.75) is 12.0 Å². The van der Waals surface area contributed by atoms with E-state index in [1.807, 2.05) is 18.2 Å². The molecule has 1 aliphatic heterocycles. The summed E-state index contributed by atoms with van der Waals surface area (Å²) < 4.78 is 12.8. The monoisotopic (exact) mass is 693 g/mol. The normalized spacial score (nSPS) is 16.0. The van der Waals surface area contributed by atoms with E-state index in [0.29, 0.717) is 17.5 Å². The lowest BCUT2D eigenvalue weighted by Crippen LogP contribution is -2.20. The number of furan rings is 1. The molecule has 2 unspecified atom stereocenters. The molecular weight excluding hydrogens is 663 g/mol. The van der Waals surface area contributed by atoms with Gasteiger partial charge in [0.1, 0.15) is 23.0 Å². The number of benzene rings is 7. The molecule has 2 aromatic heterocycles. The zero-order valence-corrected chi connectivity index (χ0v) is 29.1. The molecule has 9 aromatic rings. The van der Waals surface area contributed by atoms with Gasteiger partial charge in [0, 0.05) is 33.0 Å². The second kappa shape index (κ2) is 12.2. The summed E-state index contributed by atoms with van der Waals surface area (Å²) in [5, 5.41) is 4.53. The Morgan fingerprint density at radius 3 is 1.98 bits per heavy atom. The van der Waals surface area contributed by atoms with E-state index in [4.69, 9.17) is 24.1 Å². The molecule has 254 valence electrons. The number of rotatable bonds is 5. The highest BCUT2D eigenvalue weighted by Crippen LogP contribution is 2.49. The minimum absolute atomic E-state index is 0.0699. The Balaban J connectivity index is 1.000. The molecule has 5 heteroatoms. The minimum atomic E-state index is -0.176. The van der Waals surface area contributed by atoms with Crippen molar-refractivity contribution in [3.05, 3.63) is 187 Å². The zero-order chi connectivity index (χ0) is 35.6. The Kier molecular flexibility index (Phi) is 6.92. The van der Waals surface area contributed by atoms with Crippen molar-refractivity contribution in [2.75, 3.05) is 0 Å². The predicted octanol–water partition coefficient (Wildman–Crippen LogP) is 12.1. The molecule has 54 heavy (non-hydrogen) atoms. The number of para-hydroxylation sites is 1. The van der Waals surface area contributed by atoms with Crippen LogP contribution in [0.5, 0.6) is 5.75 Å². The third kappa shape index (κ3) is 5.13. The molecule has 0 fully saturated rings. The number of nitrogens with zero attached hydrogens (tertiary/aromatic N) is 3. The average molecular weight is 694 g/mol. The van der Waals surface area contributed by atoms with Crippen molar-refractivity contribution in [1.29, 1.82) is 0 Å². The summed E-state index contributed by atoms with van der Waals surface area (Å²) in [5.41, 5.74) is 10.3. The number of fused-ring (bicyclic) bond motifs is 7. The first-order valence-electron chi connectivity index (χ1n) is 18.2. The van der Waals surface area contributed by atoms with Gasteiger partial charge in [-0.15, -0.1) is 0 Å². The molecule has 0 radical (unpaired) electrons. The van der Waals surface area contributed by atoms with Gasteiger partial charge in [-0.25, -0.2) is 15.0 Å². The number of hydrogen-bond acceptors (Lipinski definition) is 5. The lowest BCUT2D eigenvalue weighted by atomic mass is 9.83. The van der Waals surface area contributed by atoms with E-state index in [1.165, 1.54) is 10.9 Å². The molecule has 0 amide bonds. The summed E-state index contributed by atoms with van der Waals surface area (Å²) in [6.07, 6.45) is 6.15. The van der Waals surface area contributed by atoms with Gasteiger partial charge in [-0.2, -0.15) is 0 Å². The summed E-state index contributed by atoms with van der Waals surface area (Å²) in [7, 11) is 0. The molecule has 2 atom stereocenters. The lowest BCUT2D eigenvalue weighted by Gasteiger charge is -2.22. The van der Waals surface area contributed by atoms with E-state index >= 15 is 0 Å². The standard InChI is InChI=1S/C49H31N3O2/c1-2-9-30(10-3-1)32-17-20-33(21-18-32)47-50-48(37-22-19-31-11-4-5-12-34(31)27-37)52-49(51-47)40-14-8-16-44-46(40)39-25-23-36(29-45(39)54-44)35-24-26-43-41(28-35)38-13-6-7-15-42(38)53-43/h1-29,44,46H. The van der Waals surface area contributed by atoms with E-state index in [1.54, 1.807) is 0 Å². The lowest BCUT2D eigenvalue weighted by molar-refractivity contribution is 0.271. The van der Waals surface area contributed by atoms with Gasteiger partial charge in [0.25, 0.3) is 0 Å². The zero-order valence-electron chi connectivity index (χ0n) is 29.1. The molecule has 0 saturated carbocycles. The molecule has 11 rings (SSSR count). The SMILES string of the molecule is C1=CC2Oc3cc(-c4ccc5oc6ccccc6c5c4)ccc3C2C(c2nc(-c3ccc(-c4ccccc4)cc3)nc(-c3ccc4ccccc4c3)n2)=C1. The maximum Gasteiger partial charge on any atom is 0.164 e. The van der Waals surface area contributed by atoms with Gasteiger partial charge >= 0.3 is 0 Å². The van der Waals surface area contributed by atoms with E-state index in [0.717, 1.165) is 72.0 Å². The van der Waals surface area contributed by atoms with E-state index in [9.17, 15) is 0 Å². The van der Waals surface area contributed by atoms with Crippen LogP contribution in [-0.2, 0) is 0 Å². The highest BCUT2D eigenvalue weighted by atomic mass is 16.5. The molecule has 0 N–H and O–H groups in total. The Labute approximate surface area is 311 Å². The minimum Gasteiger partial charge on any atom is -0.485 e. The van der Waals surface area contributed by atoms with Gasteiger partial charge in [0.15, 0.2) is 17.5 Å². The van der Waals surface area contributed by atoms with Crippen LogP contribution in [0.1, 0.15) is 17.3 Å². The largest absolute Gasteiger partial charge is 0.485 e. The van der Waals surface area contributed by atoms with Crippen LogP contribution in [0.4, 0.5) is 0 Å². The van der Waals surface area contributed by atoms with Gasteiger partial charge in [0.05, 0.1) is 5.92 Å². The van der Waals surface area contributed by atoms with Crippen LogP contribution >= 0.6 is 0 Å². The summed E-state index contributed by atoms with van der Waals surface area (Å²) in [6, 6.07) is 54.8. The predicted molar refractivity (Wildman–Crippen MR) is 217 cm³/mol. The topological polar surface area (TPSA) is 61.0 Å². The number of ether oxygens (including phenoxy) is 1. The average Bonchev–Trinajstić information content (AvgIpc) is 3.81. The fraction of sp³-hybridized carbons (Fsp3) is 0.0408. The van der Waals surface area contributed by atoms with Crippen molar-refractivity contribution in [3.63, 3.8) is 0 Å². The molecule has 0 saturated heterocycles. The molecular formula is C49H31N3O2. The maximum absolute atomic E-state index is 6.68. The van der Waals surface area contributed by atoms with E-state index < -0.39 is 0 Å². The molecule has 0 spiro atoms. The van der Waals surface area contributed by atoms with Crippen molar-refractivity contribution >= 4 is 38.3 Å². The first-order chi connectivity index (χ1) is 26.7. The second-order valence-corrected chi connectivity index (χ2v) is 13.9. The van der Waals surface area contributed by atoms with Gasteiger partial charge in [-0.3, -0.25) is 0 Å². The quantitative estimate of drug-likeness (QED) is 0.180. The molecule has 5 nitrogen and oxygen atoms in total. The molecule has 7 aromatic carbocycles. The van der Waals surface area contributed by atoms with Crippen LogP contribution in [0, 0.1) is 0 Å². The van der Waals surface area contributed by atoms with Crippen LogP contribution in [0.25, 0.3) is 83.3 Å². The van der Waals surface area contributed by atoms with E-state index in [2.05, 4.69) is 158 Å². The van der Waals surface area contributed by atoms with Crippen molar-refractivity contribution in [1.82, 2.24) is 15.0 Å². The Bertz CT molecular complexity index is 2980. The van der Waals surface area contributed by atoms with E-state index in [-0.39, 0.29) is 12.0 Å². The van der Waals surface area contributed by atoms with Crippen LogP contribution in [0.3, 0.4) is 0 Å². The summed E-state index contributed by atoms with van der Waals surface area (Å²) in [5.74, 6) is 2.72. The van der Waals surface area contributed by atoms with Crippen LogP contribution in [-0.4, -0.2) is 21.1 Å². The molecule has 1 aliphatic carbocycles. The number of hydrogen-bond donors (Lipinski definition) is 0. The van der Waals surface area contributed by atoms with Crippen LogP contribution in [0.15, 0.2) is 180 Å².